The van der Waals surface area contributed by atoms with Crippen molar-refractivity contribution >= 4 is 5.91 Å². The van der Waals surface area contributed by atoms with Crippen molar-refractivity contribution in [2.24, 2.45) is 5.92 Å². The van der Waals surface area contributed by atoms with Crippen molar-refractivity contribution < 1.29 is 10.0 Å². The lowest BCUT2D eigenvalue weighted by molar-refractivity contribution is -0.167. The van der Waals surface area contributed by atoms with Crippen LogP contribution in [0.1, 0.15) is 30.7 Å². The molecule has 1 N–H and O–H groups in total. The number of hydroxylamine groups is 2. The standard InChI is InChI=1S/C16H22N2O2/c19-16(12-17-8-4-5-9-17)18(20)11-14-10-15(14)13-6-2-1-3-7-13/h1-3,6-7,14-15,20H,4-5,8-12H2. The molecule has 0 aromatic heterocycles. The van der Waals surface area contributed by atoms with Crippen molar-refractivity contribution in [3.8, 4) is 0 Å². The summed E-state index contributed by atoms with van der Waals surface area (Å²) in [5.74, 6) is 0.751. The zero-order chi connectivity index (χ0) is 13.9. The molecule has 0 radical (unpaired) electrons. The minimum absolute atomic E-state index is 0.161. The van der Waals surface area contributed by atoms with Gasteiger partial charge in [-0.25, -0.2) is 5.06 Å². The van der Waals surface area contributed by atoms with Gasteiger partial charge in [0.2, 0.25) is 0 Å². The number of benzene rings is 1. The third kappa shape index (κ3) is 3.19. The number of carbonyl (C=O) groups excluding carboxylic acids is 1. The fourth-order valence-electron chi connectivity index (χ4n) is 3.10. The minimum Gasteiger partial charge on any atom is -0.294 e. The number of carbonyl (C=O) groups is 1. The van der Waals surface area contributed by atoms with Crippen molar-refractivity contribution in [3.63, 3.8) is 0 Å². The zero-order valence-electron chi connectivity index (χ0n) is 11.7. The number of nitrogens with zero attached hydrogens (tertiary/aromatic N) is 2. The van der Waals surface area contributed by atoms with E-state index in [2.05, 4.69) is 17.0 Å². The first kappa shape index (κ1) is 13.6. The highest BCUT2D eigenvalue weighted by atomic mass is 16.5. The van der Waals surface area contributed by atoms with Crippen LogP contribution in [0, 0.1) is 5.92 Å². The van der Waals surface area contributed by atoms with Crippen LogP contribution in [-0.4, -0.2) is 47.3 Å². The van der Waals surface area contributed by atoms with Gasteiger partial charge in [0, 0.05) is 0 Å². The molecule has 2 aliphatic rings. The first-order valence-electron chi connectivity index (χ1n) is 7.50. The molecule has 20 heavy (non-hydrogen) atoms. The Hall–Kier alpha value is -1.39. The lowest BCUT2D eigenvalue weighted by Crippen LogP contribution is -2.38. The molecule has 1 saturated carbocycles. The van der Waals surface area contributed by atoms with Crippen LogP contribution in [0.3, 0.4) is 0 Å². The van der Waals surface area contributed by atoms with Gasteiger partial charge in [0.1, 0.15) is 0 Å². The summed E-state index contributed by atoms with van der Waals surface area (Å²) in [6.07, 6.45) is 3.40. The first-order chi connectivity index (χ1) is 9.74. The molecule has 1 aromatic rings. The predicted molar refractivity (Wildman–Crippen MR) is 76.5 cm³/mol. The summed E-state index contributed by atoms with van der Waals surface area (Å²) in [6.45, 7) is 2.79. The highest BCUT2D eigenvalue weighted by Crippen LogP contribution is 2.47. The Morgan fingerprint density at radius 1 is 1.25 bits per heavy atom. The van der Waals surface area contributed by atoms with E-state index in [-0.39, 0.29) is 5.91 Å². The summed E-state index contributed by atoms with van der Waals surface area (Å²) in [4.78, 5) is 14.1. The van der Waals surface area contributed by atoms with Crippen LogP contribution < -0.4 is 0 Å². The van der Waals surface area contributed by atoms with Crippen LogP contribution in [0.4, 0.5) is 0 Å². The van der Waals surface area contributed by atoms with Crippen LogP contribution in [0.2, 0.25) is 0 Å². The van der Waals surface area contributed by atoms with Crippen molar-refractivity contribution in [2.45, 2.75) is 25.2 Å². The van der Waals surface area contributed by atoms with Crippen molar-refractivity contribution in [1.82, 2.24) is 9.96 Å². The van der Waals surface area contributed by atoms with Crippen molar-refractivity contribution in [3.05, 3.63) is 35.9 Å². The van der Waals surface area contributed by atoms with Gasteiger partial charge >= 0.3 is 0 Å². The Balaban J connectivity index is 1.45. The Morgan fingerprint density at radius 3 is 2.65 bits per heavy atom. The maximum absolute atomic E-state index is 11.9. The van der Waals surface area contributed by atoms with Gasteiger partial charge in [-0.05, 0) is 49.8 Å². The summed E-state index contributed by atoms with van der Waals surface area (Å²) in [7, 11) is 0. The largest absolute Gasteiger partial charge is 0.294 e. The molecule has 1 saturated heterocycles. The topological polar surface area (TPSA) is 43.8 Å². The van der Waals surface area contributed by atoms with Gasteiger partial charge in [-0.15, -0.1) is 0 Å². The second-order valence-corrected chi connectivity index (χ2v) is 5.97. The Morgan fingerprint density at radius 2 is 1.95 bits per heavy atom. The van der Waals surface area contributed by atoms with E-state index in [0.717, 1.165) is 37.4 Å². The van der Waals surface area contributed by atoms with E-state index >= 15 is 0 Å². The van der Waals surface area contributed by atoms with Crippen LogP contribution in [0.5, 0.6) is 0 Å². The maximum atomic E-state index is 11.9. The van der Waals surface area contributed by atoms with Gasteiger partial charge in [0.05, 0.1) is 13.1 Å². The fourth-order valence-corrected chi connectivity index (χ4v) is 3.10. The van der Waals surface area contributed by atoms with E-state index in [1.54, 1.807) is 0 Å². The van der Waals surface area contributed by atoms with Gasteiger partial charge in [-0.2, -0.15) is 0 Å². The number of hydrogen-bond acceptors (Lipinski definition) is 3. The van der Waals surface area contributed by atoms with Gasteiger partial charge in [-0.3, -0.25) is 14.9 Å². The molecule has 0 bridgehead atoms. The molecule has 2 atom stereocenters. The van der Waals surface area contributed by atoms with E-state index in [4.69, 9.17) is 0 Å². The highest BCUT2D eigenvalue weighted by molar-refractivity contribution is 5.77. The second-order valence-electron chi connectivity index (χ2n) is 5.97. The SMILES string of the molecule is O=C(CN1CCCC1)N(O)CC1CC1c1ccccc1. The normalized spacial score (nSPS) is 25.6. The van der Waals surface area contributed by atoms with E-state index in [1.165, 1.54) is 5.56 Å². The Labute approximate surface area is 119 Å². The van der Waals surface area contributed by atoms with E-state index in [9.17, 15) is 10.0 Å². The fraction of sp³-hybridized carbons (Fsp3) is 0.562. The monoisotopic (exact) mass is 274 g/mol. The molecule has 2 fully saturated rings. The average Bonchev–Trinajstić information content (AvgIpc) is 3.04. The van der Waals surface area contributed by atoms with Crippen molar-refractivity contribution in [1.29, 1.82) is 0 Å². The van der Waals surface area contributed by atoms with Gasteiger partial charge in [0.15, 0.2) is 0 Å². The number of hydrogen-bond donors (Lipinski definition) is 1. The van der Waals surface area contributed by atoms with Crippen LogP contribution >= 0.6 is 0 Å². The Kier molecular flexibility index (Phi) is 4.03. The lowest BCUT2D eigenvalue weighted by atomic mass is 10.1. The highest BCUT2D eigenvalue weighted by Gasteiger charge is 2.40. The zero-order valence-corrected chi connectivity index (χ0v) is 11.7. The van der Waals surface area contributed by atoms with Crippen molar-refractivity contribution in [2.75, 3.05) is 26.2 Å². The number of likely N-dealkylation sites (tertiary alicyclic amines) is 1. The summed E-state index contributed by atoms with van der Waals surface area (Å²) >= 11 is 0. The maximum Gasteiger partial charge on any atom is 0.260 e. The molecule has 4 nitrogen and oxygen atoms in total. The van der Waals surface area contributed by atoms with Crippen LogP contribution in [-0.2, 0) is 4.79 Å². The van der Waals surface area contributed by atoms with E-state index in [0.29, 0.717) is 24.9 Å². The molecule has 2 unspecified atom stereocenters. The first-order valence-corrected chi connectivity index (χ1v) is 7.50. The van der Waals surface area contributed by atoms with Gasteiger partial charge in [0.25, 0.3) is 5.91 Å². The molecule has 3 rings (SSSR count). The molecular formula is C16H22N2O2. The quantitative estimate of drug-likeness (QED) is 0.660. The molecule has 1 aromatic carbocycles. The third-order valence-corrected chi connectivity index (χ3v) is 4.40. The Bertz CT molecular complexity index is 457. The van der Waals surface area contributed by atoms with E-state index < -0.39 is 0 Å². The van der Waals surface area contributed by atoms with Crippen LogP contribution in [0.25, 0.3) is 0 Å². The second kappa shape index (κ2) is 5.94. The van der Waals surface area contributed by atoms with E-state index in [1.807, 2.05) is 18.2 Å². The molecule has 1 amide bonds. The van der Waals surface area contributed by atoms with Gasteiger partial charge in [-0.1, -0.05) is 30.3 Å². The summed E-state index contributed by atoms with van der Waals surface area (Å²) in [6, 6.07) is 10.3. The summed E-state index contributed by atoms with van der Waals surface area (Å²) in [5, 5.41) is 10.8. The lowest BCUT2D eigenvalue weighted by Gasteiger charge is -2.19. The number of rotatable bonds is 5. The molecule has 0 spiro atoms. The molecule has 4 heteroatoms. The van der Waals surface area contributed by atoms with Crippen LogP contribution in [0.15, 0.2) is 30.3 Å². The molecule has 108 valence electrons. The smallest absolute Gasteiger partial charge is 0.260 e. The third-order valence-electron chi connectivity index (χ3n) is 4.40. The minimum atomic E-state index is -0.161. The predicted octanol–water partition coefficient (Wildman–Crippen LogP) is 2.10. The molecule has 1 aliphatic carbocycles. The summed E-state index contributed by atoms with van der Waals surface area (Å²) < 4.78 is 0. The molecule has 1 aliphatic heterocycles. The number of amides is 1. The molecular weight excluding hydrogens is 252 g/mol. The molecule has 1 heterocycles. The van der Waals surface area contributed by atoms with Gasteiger partial charge < -0.3 is 0 Å². The summed E-state index contributed by atoms with van der Waals surface area (Å²) in [5.41, 5.74) is 1.32. The average molecular weight is 274 g/mol.